The number of nitrogens with zero attached hydrogens (tertiary/aromatic N) is 2. The number of ketones is 2. The van der Waals surface area contributed by atoms with Crippen molar-refractivity contribution in [2.24, 2.45) is 0 Å². The van der Waals surface area contributed by atoms with Crippen molar-refractivity contribution in [2.45, 2.75) is 27.3 Å². The zero-order chi connectivity index (χ0) is 16.7. The second kappa shape index (κ2) is 5.58. The van der Waals surface area contributed by atoms with Crippen LogP contribution in [0.1, 0.15) is 39.0 Å². The minimum absolute atomic E-state index is 0.0888. The summed E-state index contributed by atoms with van der Waals surface area (Å²) in [6, 6.07) is 1.77. The van der Waals surface area contributed by atoms with Crippen LogP contribution in [0.15, 0.2) is 22.6 Å². The number of hydrogen-bond donors (Lipinski definition) is 1. The van der Waals surface area contributed by atoms with E-state index in [1.165, 1.54) is 29.2 Å². The Labute approximate surface area is 135 Å². The molecule has 0 saturated heterocycles. The van der Waals surface area contributed by atoms with E-state index in [-0.39, 0.29) is 23.7 Å². The van der Waals surface area contributed by atoms with Gasteiger partial charge in [0.15, 0.2) is 11.6 Å². The van der Waals surface area contributed by atoms with Gasteiger partial charge in [0.1, 0.15) is 4.70 Å². The third-order valence-corrected chi connectivity index (χ3v) is 4.71. The summed E-state index contributed by atoms with van der Waals surface area (Å²) in [7, 11) is 0. The second-order valence-electron chi connectivity index (χ2n) is 5.42. The van der Waals surface area contributed by atoms with Gasteiger partial charge in [-0.05, 0) is 37.8 Å². The van der Waals surface area contributed by atoms with Gasteiger partial charge in [-0.15, -0.1) is 11.3 Å². The number of rotatable bonds is 4. The molecule has 0 spiro atoms. The summed E-state index contributed by atoms with van der Waals surface area (Å²) in [6.45, 7) is 4.84. The first-order valence-corrected chi connectivity index (χ1v) is 7.94. The summed E-state index contributed by atoms with van der Waals surface area (Å²) in [4.78, 5) is 43.7. The van der Waals surface area contributed by atoms with Gasteiger partial charge >= 0.3 is 0 Å². The molecule has 3 aromatic heterocycles. The van der Waals surface area contributed by atoms with Gasteiger partial charge in [-0.25, -0.2) is 4.98 Å². The van der Waals surface area contributed by atoms with E-state index in [9.17, 15) is 14.4 Å². The maximum absolute atomic E-state index is 12.5. The lowest BCUT2D eigenvalue weighted by atomic mass is 10.1. The molecule has 118 valence electrons. The minimum atomic E-state index is -0.252. The molecule has 0 atom stereocenters. The molecular formula is C16H15N3O3S. The maximum atomic E-state index is 12.5. The molecule has 23 heavy (non-hydrogen) atoms. The monoisotopic (exact) mass is 329 g/mol. The van der Waals surface area contributed by atoms with E-state index in [4.69, 9.17) is 0 Å². The van der Waals surface area contributed by atoms with Crippen LogP contribution < -0.4 is 5.56 Å². The van der Waals surface area contributed by atoms with Crippen LogP contribution in [0, 0.1) is 13.8 Å². The van der Waals surface area contributed by atoms with Gasteiger partial charge in [0.2, 0.25) is 0 Å². The lowest BCUT2D eigenvalue weighted by molar-refractivity contribution is 0.0965. The SMILES string of the molecule is CC(=O)c1c(C)[nH]c(C(=O)Cn2cnc3ccsc3c2=O)c1C. The summed E-state index contributed by atoms with van der Waals surface area (Å²) < 4.78 is 1.83. The quantitative estimate of drug-likeness (QED) is 0.745. The number of aromatic nitrogens is 3. The Kier molecular flexibility index (Phi) is 3.73. The molecule has 3 rings (SSSR count). The molecule has 0 unspecified atom stereocenters. The summed E-state index contributed by atoms with van der Waals surface area (Å²) in [5, 5.41) is 1.79. The minimum Gasteiger partial charge on any atom is -0.355 e. The Hall–Kier alpha value is -2.54. The fourth-order valence-corrected chi connectivity index (χ4v) is 3.57. The molecule has 0 fully saturated rings. The summed E-state index contributed by atoms with van der Waals surface area (Å²) in [5.41, 5.74) is 2.59. The molecule has 0 saturated carbocycles. The van der Waals surface area contributed by atoms with Crippen LogP contribution in [0.4, 0.5) is 0 Å². The topological polar surface area (TPSA) is 84.8 Å². The van der Waals surface area contributed by atoms with E-state index in [0.717, 1.165) is 0 Å². The molecule has 0 aromatic carbocycles. The van der Waals surface area contributed by atoms with Crippen molar-refractivity contribution in [3.63, 3.8) is 0 Å². The third kappa shape index (κ3) is 2.53. The standard InChI is InChI=1S/C16H15N3O3S/c1-8-13(10(3)20)9(2)18-14(8)12(21)6-19-7-17-11-4-5-23-15(11)16(19)22/h4-5,7,18H,6H2,1-3H3. The van der Waals surface area contributed by atoms with Crippen LogP contribution in [0.3, 0.4) is 0 Å². The van der Waals surface area contributed by atoms with Crippen molar-refractivity contribution in [2.75, 3.05) is 0 Å². The lowest BCUT2D eigenvalue weighted by Gasteiger charge is -2.04. The molecule has 1 N–H and O–H groups in total. The van der Waals surface area contributed by atoms with Crippen molar-refractivity contribution in [3.8, 4) is 0 Å². The Morgan fingerprint density at radius 3 is 2.74 bits per heavy atom. The molecule has 7 heteroatoms. The second-order valence-corrected chi connectivity index (χ2v) is 6.33. The Bertz CT molecular complexity index is 994. The highest BCUT2D eigenvalue weighted by Gasteiger charge is 2.20. The molecule has 3 heterocycles. The predicted molar refractivity (Wildman–Crippen MR) is 88.5 cm³/mol. The van der Waals surface area contributed by atoms with Crippen LogP contribution in [-0.2, 0) is 6.54 Å². The van der Waals surface area contributed by atoms with Gasteiger partial charge in [-0.3, -0.25) is 19.0 Å². The van der Waals surface area contributed by atoms with Crippen molar-refractivity contribution < 1.29 is 9.59 Å². The number of hydrogen-bond acceptors (Lipinski definition) is 5. The predicted octanol–water partition coefficient (Wildman–Crippen LogP) is 2.49. The van der Waals surface area contributed by atoms with Crippen LogP contribution >= 0.6 is 11.3 Å². The molecule has 0 radical (unpaired) electrons. The third-order valence-electron chi connectivity index (χ3n) is 3.82. The normalized spacial score (nSPS) is 11.1. The van der Waals surface area contributed by atoms with E-state index in [1.807, 2.05) is 0 Å². The summed E-state index contributed by atoms with van der Waals surface area (Å²) in [6.07, 6.45) is 1.38. The van der Waals surface area contributed by atoms with Crippen molar-refractivity contribution in [1.82, 2.24) is 14.5 Å². The van der Waals surface area contributed by atoms with Crippen molar-refractivity contribution in [1.29, 1.82) is 0 Å². The molecule has 6 nitrogen and oxygen atoms in total. The molecule has 0 aliphatic rings. The Morgan fingerprint density at radius 2 is 2.09 bits per heavy atom. The zero-order valence-electron chi connectivity index (χ0n) is 13.0. The number of fused-ring (bicyclic) bond motifs is 1. The first kappa shape index (κ1) is 15.4. The fourth-order valence-electron chi connectivity index (χ4n) is 2.78. The Balaban J connectivity index is 1.98. The van der Waals surface area contributed by atoms with E-state index < -0.39 is 0 Å². The van der Waals surface area contributed by atoms with Gasteiger partial charge in [-0.1, -0.05) is 0 Å². The van der Waals surface area contributed by atoms with Gasteiger partial charge < -0.3 is 4.98 Å². The van der Waals surface area contributed by atoms with E-state index in [2.05, 4.69) is 9.97 Å². The maximum Gasteiger partial charge on any atom is 0.271 e. The number of carbonyl (C=O) groups excluding carboxylic acids is 2. The molecule has 0 aliphatic heterocycles. The van der Waals surface area contributed by atoms with Crippen LogP contribution in [-0.4, -0.2) is 26.1 Å². The van der Waals surface area contributed by atoms with E-state index >= 15 is 0 Å². The van der Waals surface area contributed by atoms with E-state index in [1.54, 1.807) is 25.3 Å². The summed E-state index contributed by atoms with van der Waals surface area (Å²) in [5.74, 6) is -0.341. The van der Waals surface area contributed by atoms with Crippen LogP contribution in [0.2, 0.25) is 0 Å². The highest BCUT2D eigenvalue weighted by Crippen LogP contribution is 2.19. The molecule has 3 aromatic rings. The molecule has 0 amide bonds. The van der Waals surface area contributed by atoms with Crippen LogP contribution in [0.5, 0.6) is 0 Å². The van der Waals surface area contributed by atoms with E-state index in [0.29, 0.717) is 32.7 Å². The summed E-state index contributed by atoms with van der Waals surface area (Å²) >= 11 is 1.31. The molecule has 0 aliphatic carbocycles. The number of Topliss-reactive ketones (excluding diaryl/α,β-unsaturated/α-hetero) is 2. The van der Waals surface area contributed by atoms with Crippen molar-refractivity contribution in [3.05, 3.63) is 50.6 Å². The average molecular weight is 329 g/mol. The Morgan fingerprint density at radius 1 is 1.35 bits per heavy atom. The first-order chi connectivity index (χ1) is 10.9. The highest BCUT2D eigenvalue weighted by atomic mass is 32.1. The smallest absolute Gasteiger partial charge is 0.271 e. The van der Waals surface area contributed by atoms with Gasteiger partial charge in [-0.2, -0.15) is 0 Å². The number of aryl methyl sites for hydroxylation is 1. The van der Waals surface area contributed by atoms with Crippen LogP contribution in [0.25, 0.3) is 10.2 Å². The van der Waals surface area contributed by atoms with Gasteiger partial charge in [0.05, 0.1) is 24.1 Å². The number of nitrogens with one attached hydrogen (secondary N) is 1. The molecular weight excluding hydrogens is 314 g/mol. The highest BCUT2D eigenvalue weighted by molar-refractivity contribution is 7.17. The van der Waals surface area contributed by atoms with Crippen molar-refractivity contribution >= 4 is 33.1 Å². The fraction of sp³-hybridized carbons (Fsp3) is 0.250. The largest absolute Gasteiger partial charge is 0.355 e. The first-order valence-electron chi connectivity index (χ1n) is 7.06. The average Bonchev–Trinajstić information content (AvgIpc) is 3.06. The van der Waals surface area contributed by atoms with Gasteiger partial charge in [0, 0.05) is 11.3 Å². The lowest BCUT2D eigenvalue weighted by Crippen LogP contribution is -2.24. The van der Waals surface area contributed by atoms with Gasteiger partial charge in [0.25, 0.3) is 5.56 Å². The zero-order valence-corrected chi connectivity index (χ0v) is 13.8. The number of thiophene rings is 1. The number of carbonyl (C=O) groups is 2. The number of H-pyrrole nitrogens is 1. The number of aromatic amines is 1. The molecule has 0 bridgehead atoms.